The number of phenolic OH excluding ortho intramolecular Hbond substituents is 1. The second-order valence-electron chi connectivity index (χ2n) is 8.07. The minimum atomic E-state index is -0.619. The van der Waals surface area contributed by atoms with Crippen LogP contribution in [0.15, 0.2) is 27.8 Å². The fraction of sp³-hybridized carbons (Fsp3) is 0.500. The maximum atomic E-state index is 12.2. The van der Waals surface area contributed by atoms with E-state index in [4.69, 9.17) is 0 Å². The van der Waals surface area contributed by atoms with Crippen LogP contribution in [0.5, 0.6) is 5.75 Å². The molecule has 0 saturated heterocycles. The Kier molecular flexibility index (Phi) is 6.25. The van der Waals surface area contributed by atoms with E-state index in [9.17, 15) is 19.5 Å². The molecular weight excluding hydrogens is 370 g/mol. The number of benzene rings is 1. The Bertz CT molecular complexity index is 954. The van der Waals surface area contributed by atoms with Gasteiger partial charge in [-0.2, -0.15) is 0 Å². The van der Waals surface area contributed by atoms with E-state index in [1.54, 1.807) is 26.2 Å². The smallest absolute Gasteiger partial charge is 0.257 e. The summed E-state index contributed by atoms with van der Waals surface area (Å²) < 4.78 is 0. The molecule has 1 aliphatic rings. The van der Waals surface area contributed by atoms with Crippen molar-refractivity contribution in [3.05, 3.63) is 44.2 Å². The highest BCUT2D eigenvalue weighted by molar-refractivity contribution is 5.99. The van der Waals surface area contributed by atoms with Gasteiger partial charge in [0, 0.05) is 20.1 Å². The van der Waals surface area contributed by atoms with Gasteiger partial charge in [-0.15, -0.1) is 0 Å². The van der Waals surface area contributed by atoms with Gasteiger partial charge in [-0.25, -0.2) is 0 Å². The van der Waals surface area contributed by atoms with Gasteiger partial charge in [0.15, 0.2) is 5.75 Å². The lowest BCUT2D eigenvalue weighted by Crippen LogP contribution is -2.39. The first-order chi connectivity index (χ1) is 13.8. The summed E-state index contributed by atoms with van der Waals surface area (Å²) in [6, 6.07) is 4.82. The molecule has 2 aromatic carbocycles. The average Bonchev–Trinajstić information content (AvgIpc) is 3.22. The highest BCUT2D eigenvalue weighted by atomic mass is 16.3. The van der Waals surface area contributed by atoms with Gasteiger partial charge < -0.3 is 20.6 Å². The van der Waals surface area contributed by atoms with Gasteiger partial charge in [0.25, 0.3) is 16.8 Å². The first-order valence-corrected chi connectivity index (χ1v) is 10.2. The first kappa shape index (κ1) is 20.9. The fourth-order valence-corrected chi connectivity index (χ4v) is 4.02. The Hall–Kier alpha value is -2.83. The molecule has 1 amide bonds. The van der Waals surface area contributed by atoms with Crippen molar-refractivity contribution in [1.29, 1.82) is 0 Å². The van der Waals surface area contributed by atoms with E-state index >= 15 is 0 Å². The van der Waals surface area contributed by atoms with E-state index in [0.29, 0.717) is 5.92 Å². The van der Waals surface area contributed by atoms with Crippen molar-refractivity contribution < 1.29 is 9.90 Å². The number of hydrogen-bond acceptors (Lipinski definition) is 6. The Labute approximate surface area is 170 Å². The van der Waals surface area contributed by atoms with E-state index in [1.165, 1.54) is 36.6 Å². The van der Waals surface area contributed by atoms with Crippen LogP contribution in [0.3, 0.4) is 0 Å². The molecular formula is C22H29N3O4. The standard InChI is InChI=1S/C22H29N3O4/c1-4-14(12-13-8-5-6-9-13)23-17-18(21(28)20(17)27)24-16-11-7-10-15(19(16)26)22(29)25(2)3/h7,10-11,13-14,23-24,26H,4-6,8-9,12H2,1-3H3. The van der Waals surface area contributed by atoms with Crippen molar-refractivity contribution in [3.8, 4) is 5.75 Å². The minimum absolute atomic E-state index is 0.122. The zero-order chi connectivity index (χ0) is 21.1. The lowest BCUT2D eigenvalue weighted by atomic mass is 9.96. The normalized spacial score (nSPS) is 15.4. The molecule has 1 aliphatic carbocycles. The number of amides is 1. The van der Waals surface area contributed by atoms with Crippen LogP contribution in [0.4, 0.5) is 17.1 Å². The molecule has 7 heteroatoms. The SMILES string of the molecule is CCC(CC1CCCC1)Nc1c(Nc2cccc(C(=O)N(C)C)c2O)c(=O)c1=O. The molecule has 2 aromatic rings. The van der Waals surface area contributed by atoms with Crippen molar-refractivity contribution >= 4 is 23.0 Å². The topological polar surface area (TPSA) is 98.7 Å². The van der Waals surface area contributed by atoms with Crippen molar-refractivity contribution in [2.24, 2.45) is 5.92 Å². The predicted octanol–water partition coefficient (Wildman–Crippen LogP) is 3.20. The van der Waals surface area contributed by atoms with Crippen LogP contribution in [0.1, 0.15) is 55.8 Å². The highest BCUT2D eigenvalue weighted by Crippen LogP contribution is 2.33. The molecule has 0 bridgehead atoms. The third kappa shape index (κ3) is 4.28. The molecule has 3 rings (SSSR count). The van der Waals surface area contributed by atoms with Crippen molar-refractivity contribution in [1.82, 2.24) is 4.90 Å². The van der Waals surface area contributed by atoms with E-state index in [0.717, 1.165) is 12.8 Å². The molecule has 29 heavy (non-hydrogen) atoms. The molecule has 156 valence electrons. The Morgan fingerprint density at radius 2 is 1.83 bits per heavy atom. The molecule has 0 radical (unpaired) electrons. The number of para-hydroxylation sites is 1. The van der Waals surface area contributed by atoms with Crippen LogP contribution >= 0.6 is 0 Å². The van der Waals surface area contributed by atoms with Crippen molar-refractivity contribution in [2.75, 3.05) is 24.7 Å². The van der Waals surface area contributed by atoms with E-state index in [1.807, 2.05) is 0 Å². The fourth-order valence-electron chi connectivity index (χ4n) is 4.02. The Morgan fingerprint density at radius 1 is 1.17 bits per heavy atom. The van der Waals surface area contributed by atoms with Crippen LogP contribution in [-0.2, 0) is 0 Å². The summed E-state index contributed by atoms with van der Waals surface area (Å²) in [6.07, 6.45) is 6.79. The molecule has 1 saturated carbocycles. The molecule has 0 aromatic heterocycles. The lowest BCUT2D eigenvalue weighted by molar-refractivity contribution is 0.0824. The summed E-state index contributed by atoms with van der Waals surface area (Å²) in [5, 5.41) is 16.6. The number of anilines is 3. The van der Waals surface area contributed by atoms with Gasteiger partial charge in [0.1, 0.15) is 11.4 Å². The second kappa shape index (κ2) is 8.68. The highest BCUT2D eigenvalue weighted by Gasteiger charge is 2.26. The number of hydrogen-bond donors (Lipinski definition) is 3. The molecule has 0 aliphatic heterocycles. The van der Waals surface area contributed by atoms with Crippen LogP contribution < -0.4 is 21.5 Å². The molecule has 0 heterocycles. The van der Waals surface area contributed by atoms with Crippen molar-refractivity contribution in [2.45, 2.75) is 51.5 Å². The minimum Gasteiger partial charge on any atom is -0.505 e. The van der Waals surface area contributed by atoms with Gasteiger partial charge in [-0.05, 0) is 30.9 Å². The molecule has 1 unspecified atom stereocenters. The first-order valence-electron chi connectivity index (χ1n) is 10.2. The number of carbonyl (C=O) groups excluding carboxylic acids is 1. The molecule has 0 spiro atoms. The summed E-state index contributed by atoms with van der Waals surface area (Å²) in [7, 11) is 3.19. The maximum Gasteiger partial charge on any atom is 0.257 e. The van der Waals surface area contributed by atoms with Crippen LogP contribution in [-0.4, -0.2) is 36.1 Å². The van der Waals surface area contributed by atoms with Crippen LogP contribution in [0.2, 0.25) is 0 Å². The van der Waals surface area contributed by atoms with Crippen LogP contribution in [0, 0.1) is 5.92 Å². The summed E-state index contributed by atoms with van der Waals surface area (Å²) in [4.78, 5) is 37.9. The summed E-state index contributed by atoms with van der Waals surface area (Å²) in [5.74, 6) is 0.0633. The molecule has 1 atom stereocenters. The number of carbonyl (C=O) groups is 1. The van der Waals surface area contributed by atoms with Gasteiger partial charge >= 0.3 is 0 Å². The number of nitrogens with one attached hydrogen (secondary N) is 2. The second-order valence-corrected chi connectivity index (χ2v) is 8.07. The Morgan fingerprint density at radius 3 is 2.45 bits per heavy atom. The Balaban J connectivity index is 1.80. The molecule has 1 fully saturated rings. The third-order valence-electron chi connectivity index (χ3n) is 5.78. The van der Waals surface area contributed by atoms with Gasteiger partial charge in [0.05, 0.1) is 11.3 Å². The zero-order valence-electron chi connectivity index (χ0n) is 17.2. The van der Waals surface area contributed by atoms with E-state index in [-0.39, 0.29) is 40.3 Å². The maximum absolute atomic E-state index is 12.2. The summed E-state index contributed by atoms with van der Waals surface area (Å²) in [6.45, 7) is 2.06. The number of phenols is 1. The summed E-state index contributed by atoms with van der Waals surface area (Å²) in [5.41, 5.74) is -0.407. The largest absolute Gasteiger partial charge is 0.505 e. The number of nitrogens with zero attached hydrogens (tertiary/aromatic N) is 1. The predicted molar refractivity (Wildman–Crippen MR) is 115 cm³/mol. The van der Waals surface area contributed by atoms with Crippen molar-refractivity contribution in [3.63, 3.8) is 0 Å². The zero-order valence-corrected chi connectivity index (χ0v) is 17.2. The number of aromatic hydroxyl groups is 1. The van der Waals surface area contributed by atoms with Gasteiger partial charge in [-0.1, -0.05) is 38.7 Å². The van der Waals surface area contributed by atoms with Gasteiger partial charge in [0.2, 0.25) is 0 Å². The van der Waals surface area contributed by atoms with E-state index in [2.05, 4.69) is 17.6 Å². The number of rotatable bonds is 8. The molecule has 3 N–H and O–H groups in total. The average molecular weight is 399 g/mol. The third-order valence-corrected chi connectivity index (χ3v) is 5.78. The molecule has 7 nitrogen and oxygen atoms in total. The monoisotopic (exact) mass is 399 g/mol. The van der Waals surface area contributed by atoms with Gasteiger partial charge in [-0.3, -0.25) is 14.4 Å². The lowest BCUT2D eigenvalue weighted by Gasteiger charge is -2.24. The van der Waals surface area contributed by atoms with E-state index < -0.39 is 10.9 Å². The summed E-state index contributed by atoms with van der Waals surface area (Å²) >= 11 is 0. The van der Waals surface area contributed by atoms with Crippen LogP contribution in [0.25, 0.3) is 0 Å². The quantitative estimate of drug-likeness (QED) is 0.466.